The highest BCUT2D eigenvalue weighted by atomic mass is 16.6. The summed E-state index contributed by atoms with van der Waals surface area (Å²) in [7, 11) is 1.40. The number of carbonyl (C=O) groups excluding carboxylic acids is 1. The molecular weight excluding hydrogens is 354 g/mol. The molecule has 0 saturated carbocycles. The molecule has 0 radical (unpaired) electrons. The van der Waals surface area contributed by atoms with Crippen LogP contribution in [-0.4, -0.2) is 28.8 Å². The van der Waals surface area contributed by atoms with Crippen LogP contribution in [0.25, 0.3) is 0 Å². The minimum atomic E-state index is -0.953. The fourth-order valence-electron chi connectivity index (χ4n) is 3.38. The Morgan fingerprint density at radius 2 is 1.39 bits per heavy atom. The zero-order valence-electron chi connectivity index (χ0n) is 19.3. The van der Waals surface area contributed by atoms with E-state index in [4.69, 9.17) is 4.84 Å². The smallest absolute Gasteiger partial charge is 0.287 e. The average Bonchev–Trinajstić information content (AvgIpc) is 2.55. The number of ketones is 1. The van der Waals surface area contributed by atoms with Gasteiger partial charge in [0.1, 0.15) is 12.7 Å². The first kappa shape index (κ1) is 26.5. The monoisotopic (exact) mass is 397 g/mol. The van der Waals surface area contributed by atoms with Gasteiger partial charge in [-0.05, 0) is 42.9 Å². The van der Waals surface area contributed by atoms with Crippen molar-refractivity contribution >= 4 is 11.5 Å². The molecule has 28 heavy (non-hydrogen) atoms. The maximum Gasteiger partial charge on any atom is 0.287 e. The number of hydrogen-bond donors (Lipinski definition) is 2. The van der Waals surface area contributed by atoms with E-state index in [0.29, 0.717) is 29.9 Å². The van der Waals surface area contributed by atoms with E-state index in [1.165, 1.54) is 7.11 Å². The van der Waals surface area contributed by atoms with E-state index in [1.807, 2.05) is 13.8 Å². The number of allylic oxidation sites excluding steroid dienone is 1. The number of carbonyl (C=O) groups is 1. The Bertz CT molecular complexity index is 517. The predicted octanol–water partition coefficient (Wildman–Crippen LogP) is 6.45. The number of oxime groups is 1. The van der Waals surface area contributed by atoms with Gasteiger partial charge in [-0.25, -0.2) is 0 Å². The van der Waals surface area contributed by atoms with Gasteiger partial charge < -0.3 is 15.1 Å². The average molecular weight is 398 g/mol. The minimum absolute atomic E-state index is 0.0830. The lowest BCUT2D eigenvalue weighted by molar-refractivity contribution is -0.120. The molecule has 0 aliphatic rings. The molecule has 164 valence electrons. The van der Waals surface area contributed by atoms with E-state index in [9.17, 15) is 15.0 Å². The van der Waals surface area contributed by atoms with Crippen molar-refractivity contribution in [1.82, 2.24) is 0 Å². The molecule has 0 aliphatic carbocycles. The van der Waals surface area contributed by atoms with Gasteiger partial charge in [0, 0.05) is 5.92 Å². The number of Topliss-reactive ketones (excluding diaryl/α,β-unsaturated/α-hetero) is 1. The van der Waals surface area contributed by atoms with Crippen molar-refractivity contribution in [1.29, 1.82) is 0 Å². The van der Waals surface area contributed by atoms with Gasteiger partial charge in [-0.3, -0.25) is 4.79 Å². The minimum Gasteiger partial charge on any atom is -0.481 e. The molecule has 5 heteroatoms. The Morgan fingerprint density at radius 3 is 1.82 bits per heavy atom. The number of nitrogens with zero attached hydrogens (tertiary/aromatic N) is 1. The summed E-state index contributed by atoms with van der Waals surface area (Å²) in [5, 5.41) is 23.8. The maximum absolute atomic E-state index is 13.4. The van der Waals surface area contributed by atoms with E-state index in [-0.39, 0.29) is 23.2 Å². The number of hydrogen-bond acceptors (Lipinski definition) is 5. The molecule has 0 aromatic heterocycles. The van der Waals surface area contributed by atoms with E-state index >= 15 is 0 Å². The predicted molar refractivity (Wildman–Crippen MR) is 117 cm³/mol. The summed E-state index contributed by atoms with van der Waals surface area (Å²) in [5.41, 5.74) is 0.229. The molecule has 0 unspecified atom stereocenters. The third kappa shape index (κ3) is 10.7. The molecule has 0 amide bonds. The molecule has 0 spiro atoms. The van der Waals surface area contributed by atoms with Crippen LogP contribution in [0.15, 0.2) is 16.7 Å². The first-order chi connectivity index (χ1) is 13.0. The van der Waals surface area contributed by atoms with Crippen LogP contribution in [-0.2, 0) is 9.63 Å². The standard InChI is InChI=1S/C23H43NO4/c1-15(2)9-11-18(7)14-19(12-10-16(3)4)22(25)21(23(26)27)20(24-28-8)13-17(5)6/h15-19,26-27H,9-14H2,1-8H3/b24-20-/t18-,19+/m0/s1. The normalized spacial score (nSPS) is 14.5. The van der Waals surface area contributed by atoms with Crippen molar-refractivity contribution in [3.8, 4) is 0 Å². The van der Waals surface area contributed by atoms with Crippen molar-refractivity contribution in [3.63, 3.8) is 0 Å². The summed E-state index contributed by atoms with van der Waals surface area (Å²) < 4.78 is 0. The molecule has 0 bridgehead atoms. The van der Waals surface area contributed by atoms with Crippen LogP contribution in [0, 0.1) is 29.6 Å². The van der Waals surface area contributed by atoms with Crippen molar-refractivity contribution in [2.45, 2.75) is 87.0 Å². The molecule has 2 atom stereocenters. The summed E-state index contributed by atoms with van der Waals surface area (Å²) >= 11 is 0. The van der Waals surface area contributed by atoms with Crippen LogP contribution in [0.4, 0.5) is 0 Å². The first-order valence-electron chi connectivity index (χ1n) is 10.8. The second kappa shape index (κ2) is 13.6. The zero-order chi connectivity index (χ0) is 21.9. The summed E-state index contributed by atoms with van der Waals surface area (Å²) in [6.07, 6.45) is 5.05. The highest BCUT2D eigenvalue weighted by Gasteiger charge is 2.30. The van der Waals surface area contributed by atoms with Crippen LogP contribution in [0.5, 0.6) is 0 Å². The molecule has 0 rings (SSSR count). The molecule has 2 N–H and O–H groups in total. The lowest BCUT2D eigenvalue weighted by Gasteiger charge is -2.23. The Hall–Kier alpha value is -1.52. The maximum atomic E-state index is 13.4. The zero-order valence-corrected chi connectivity index (χ0v) is 19.3. The van der Waals surface area contributed by atoms with Crippen LogP contribution >= 0.6 is 0 Å². The van der Waals surface area contributed by atoms with Gasteiger partial charge in [0.2, 0.25) is 0 Å². The van der Waals surface area contributed by atoms with Crippen LogP contribution in [0.3, 0.4) is 0 Å². The largest absolute Gasteiger partial charge is 0.481 e. The SMILES string of the molecule is CO/N=C(/CC(C)C)C(C(=O)[C@H](CCC(C)C)C[C@@H](C)CCC(C)C)=C(O)O. The molecular formula is C23H43NO4. The third-order valence-electron chi connectivity index (χ3n) is 4.95. The summed E-state index contributed by atoms with van der Waals surface area (Å²) in [5.74, 6) is 0.297. The van der Waals surface area contributed by atoms with Gasteiger partial charge in [0.15, 0.2) is 5.78 Å². The quantitative estimate of drug-likeness (QED) is 0.153. The molecule has 0 fully saturated rings. The molecule has 0 aromatic carbocycles. The fourth-order valence-corrected chi connectivity index (χ4v) is 3.38. The van der Waals surface area contributed by atoms with Gasteiger partial charge in [0.25, 0.3) is 5.95 Å². The second-order valence-corrected chi connectivity index (χ2v) is 9.36. The summed E-state index contributed by atoms with van der Waals surface area (Å²) in [4.78, 5) is 18.2. The number of aliphatic hydroxyl groups excluding tert-OH is 1. The van der Waals surface area contributed by atoms with E-state index < -0.39 is 5.95 Å². The highest BCUT2D eigenvalue weighted by molar-refractivity contribution is 6.23. The Morgan fingerprint density at radius 1 is 0.857 bits per heavy atom. The van der Waals surface area contributed by atoms with Crippen molar-refractivity contribution < 1.29 is 19.8 Å². The molecule has 0 heterocycles. The van der Waals surface area contributed by atoms with Gasteiger partial charge in [0.05, 0.1) is 5.71 Å². The fraction of sp³-hybridized carbons (Fsp3) is 0.826. The van der Waals surface area contributed by atoms with E-state index in [0.717, 1.165) is 32.1 Å². The topological polar surface area (TPSA) is 79.1 Å². The summed E-state index contributed by atoms with van der Waals surface area (Å²) in [6.45, 7) is 14.9. The number of aliphatic hydroxyl groups is 2. The van der Waals surface area contributed by atoms with Gasteiger partial charge in [-0.1, -0.05) is 72.9 Å². The van der Waals surface area contributed by atoms with Crippen molar-refractivity contribution in [2.24, 2.45) is 34.7 Å². The molecule has 0 aromatic rings. The Kier molecular flexibility index (Phi) is 12.9. The van der Waals surface area contributed by atoms with Gasteiger partial charge >= 0.3 is 0 Å². The van der Waals surface area contributed by atoms with Crippen LogP contribution in [0.2, 0.25) is 0 Å². The highest BCUT2D eigenvalue weighted by Crippen LogP contribution is 2.28. The van der Waals surface area contributed by atoms with Crippen LogP contribution in [0.1, 0.15) is 87.0 Å². The second-order valence-electron chi connectivity index (χ2n) is 9.36. The molecule has 5 nitrogen and oxygen atoms in total. The Balaban J connectivity index is 5.64. The first-order valence-corrected chi connectivity index (χ1v) is 10.8. The van der Waals surface area contributed by atoms with Gasteiger partial charge in [-0.2, -0.15) is 0 Å². The molecule has 0 saturated heterocycles. The Labute approximate surface area is 172 Å². The van der Waals surface area contributed by atoms with Crippen molar-refractivity contribution in [2.75, 3.05) is 7.11 Å². The van der Waals surface area contributed by atoms with E-state index in [1.54, 1.807) is 0 Å². The summed E-state index contributed by atoms with van der Waals surface area (Å²) in [6, 6.07) is 0. The molecule has 0 aliphatic heterocycles. The lowest BCUT2D eigenvalue weighted by Crippen LogP contribution is -2.26. The van der Waals surface area contributed by atoms with Gasteiger partial charge in [-0.15, -0.1) is 0 Å². The van der Waals surface area contributed by atoms with E-state index in [2.05, 4.69) is 39.8 Å². The third-order valence-corrected chi connectivity index (χ3v) is 4.95. The number of rotatable bonds is 14. The van der Waals surface area contributed by atoms with Crippen LogP contribution < -0.4 is 0 Å². The van der Waals surface area contributed by atoms with Crippen molar-refractivity contribution in [3.05, 3.63) is 11.5 Å². The lowest BCUT2D eigenvalue weighted by atomic mass is 9.81.